The number of hydrogen-bond acceptors (Lipinski definition) is 6. The Bertz CT molecular complexity index is 806. The van der Waals surface area contributed by atoms with E-state index in [4.69, 9.17) is 0 Å². The largest absolute Gasteiger partial charge is 0.340 e. The Balaban J connectivity index is 1.74. The van der Waals surface area contributed by atoms with Crippen LogP contribution in [0.5, 0.6) is 0 Å². The van der Waals surface area contributed by atoms with Crippen LogP contribution in [-0.4, -0.2) is 14.9 Å². The van der Waals surface area contributed by atoms with Gasteiger partial charge in [-0.15, -0.1) is 0 Å². The Morgan fingerprint density at radius 3 is 2.39 bits per heavy atom. The molecule has 0 unspecified atom stereocenters. The van der Waals surface area contributed by atoms with Gasteiger partial charge in [0.25, 0.3) is 0 Å². The SMILES string of the molecule is O=[N+]([O-])c1cccnc1Nc1ccc(Nc2ccccc2)nc1. The summed E-state index contributed by atoms with van der Waals surface area (Å²) in [6.07, 6.45) is 3.08. The monoisotopic (exact) mass is 307 g/mol. The molecular weight excluding hydrogens is 294 g/mol. The van der Waals surface area contributed by atoms with Gasteiger partial charge in [0.15, 0.2) is 0 Å². The van der Waals surface area contributed by atoms with Crippen molar-refractivity contribution in [3.8, 4) is 0 Å². The standard InChI is InChI=1S/C16H13N5O2/c22-21(23)14-7-4-10-17-16(14)20-13-8-9-15(18-11-13)19-12-5-2-1-3-6-12/h1-11H,(H,17,20)(H,18,19). The third-order valence-corrected chi connectivity index (χ3v) is 3.06. The van der Waals surface area contributed by atoms with E-state index in [1.165, 1.54) is 18.3 Å². The number of anilines is 4. The Morgan fingerprint density at radius 1 is 0.870 bits per heavy atom. The van der Waals surface area contributed by atoms with Crippen LogP contribution in [0.1, 0.15) is 0 Å². The number of pyridine rings is 2. The van der Waals surface area contributed by atoms with Crippen LogP contribution in [0.3, 0.4) is 0 Å². The van der Waals surface area contributed by atoms with Crippen LogP contribution in [0, 0.1) is 10.1 Å². The Hall–Kier alpha value is -3.48. The van der Waals surface area contributed by atoms with E-state index in [9.17, 15) is 10.1 Å². The first-order chi connectivity index (χ1) is 11.2. The summed E-state index contributed by atoms with van der Waals surface area (Å²) in [6, 6.07) is 16.1. The molecule has 2 heterocycles. The fourth-order valence-corrected chi connectivity index (χ4v) is 1.99. The zero-order valence-electron chi connectivity index (χ0n) is 12.0. The van der Waals surface area contributed by atoms with Crippen LogP contribution >= 0.6 is 0 Å². The summed E-state index contributed by atoms with van der Waals surface area (Å²) in [5.74, 6) is 0.861. The number of benzene rings is 1. The average molecular weight is 307 g/mol. The Labute approximate surface area is 132 Å². The predicted molar refractivity (Wildman–Crippen MR) is 88.1 cm³/mol. The molecule has 0 atom stereocenters. The zero-order chi connectivity index (χ0) is 16.1. The molecule has 3 aromatic rings. The smallest absolute Gasteiger partial charge is 0.311 e. The molecule has 0 bridgehead atoms. The molecule has 23 heavy (non-hydrogen) atoms. The van der Waals surface area contributed by atoms with E-state index < -0.39 is 4.92 Å². The van der Waals surface area contributed by atoms with Crippen LogP contribution in [0.2, 0.25) is 0 Å². The molecule has 1 aromatic carbocycles. The average Bonchev–Trinajstić information content (AvgIpc) is 2.58. The van der Waals surface area contributed by atoms with Gasteiger partial charge in [0.1, 0.15) is 5.82 Å². The lowest BCUT2D eigenvalue weighted by Gasteiger charge is -2.08. The number of nitrogens with one attached hydrogen (secondary N) is 2. The van der Waals surface area contributed by atoms with E-state index in [-0.39, 0.29) is 11.5 Å². The van der Waals surface area contributed by atoms with Crippen molar-refractivity contribution in [3.05, 3.63) is 77.1 Å². The second-order valence-corrected chi connectivity index (χ2v) is 4.68. The molecule has 0 amide bonds. The summed E-state index contributed by atoms with van der Waals surface area (Å²) < 4.78 is 0. The summed E-state index contributed by atoms with van der Waals surface area (Å²) in [4.78, 5) is 18.8. The van der Waals surface area contributed by atoms with Gasteiger partial charge in [0.05, 0.1) is 16.8 Å². The third-order valence-electron chi connectivity index (χ3n) is 3.06. The van der Waals surface area contributed by atoms with Gasteiger partial charge in [0, 0.05) is 18.0 Å². The normalized spacial score (nSPS) is 10.1. The molecule has 7 nitrogen and oxygen atoms in total. The number of para-hydroxylation sites is 1. The second-order valence-electron chi connectivity index (χ2n) is 4.68. The van der Waals surface area contributed by atoms with Crippen molar-refractivity contribution in [2.75, 3.05) is 10.6 Å². The van der Waals surface area contributed by atoms with Gasteiger partial charge in [-0.2, -0.15) is 0 Å². The number of nitro groups is 1. The van der Waals surface area contributed by atoms with Crippen molar-refractivity contribution >= 4 is 28.7 Å². The van der Waals surface area contributed by atoms with E-state index in [1.807, 2.05) is 30.3 Å². The van der Waals surface area contributed by atoms with Gasteiger partial charge in [-0.25, -0.2) is 9.97 Å². The van der Waals surface area contributed by atoms with Crippen molar-refractivity contribution in [1.82, 2.24) is 9.97 Å². The minimum absolute atomic E-state index is 0.0843. The molecule has 7 heteroatoms. The summed E-state index contributed by atoms with van der Waals surface area (Å²) in [7, 11) is 0. The van der Waals surface area contributed by atoms with Gasteiger partial charge in [0.2, 0.25) is 5.82 Å². The van der Waals surface area contributed by atoms with Crippen molar-refractivity contribution in [1.29, 1.82) is 0 Å². The molecule has 2 aromatic heterocycles. The minimum atomic E-state index is -0.478. The fourth-order valence-electron chi connectivity index (χ4n) is 1.99. The van der Waals surface area contributed by atoms with Crippen LogP contribution in [0.25, 0.3) is 0 Å². The van der Waals surface area contributed by atoms with Gasteiger partial charge in [-0.1, -0.05) is 18.2 Å². The van der Waals surface area contributed by atoms with E-state index in [0.717, 1.165) is 5.69 Å². The van der Waals surface area contributed by atoms with Crippen molar-refractivity contribution in [2.45, 2.75) is 0 Å². The Kier molecular flexibility index (Phi) is 4.10. The van der Waals surface area contributed by atoms with E-state index in [1.54, 1.807) is 18.3 Å². The molecule has 114 valence electrons. The number of nitrogens with zero attached hydrogens (tertiary/aromatic N) is 3. The summed E-state index contributed by atoms with van der Waals surface area (Å²) in [5.41, 5.74) is 1.46. The van der Waals surface area contributed by atoms with Gasteiger partial charge in [-0.3, -0.25) is 10.1 Å². The van der Waals surface area contributed by atoms with Gasteiger partial charge < -0.3 is 10.6 Å². The molecule has 2 N–H and O–H groups in total. The molecular formula is C16H13N5O2. The first-order valence-electron chi connectivity index (χ1n) is 6.87. The van der Waals surface area contributed by atoms with Crippen molar-refractivity contribution in [3.63, 3.8) is 0 Å². The third kappa shape index (κ3) is 3.59. The summed E-state index contributed by atoms with van der Waals surface area (Å²) >= 11 is 0. The van der Waals surface area contributed by atoms with E-state index in [0.29, 0.717) is 11.5 Å². The maximum Gasteiger partial charge on any atom is 0.311 e. The molecule has 0 aliphatic carbocycles. The van der Waals surface area contributed by atoms with Gasteiger partial charge >= 0.3 is 5.69 Å². The maximum atomic E-state index is 11.0. The summed E-state index contributed by atoms with van der Waals surface area (Å²) in [5, 5.41) is 17.0. The lowest BCUT2D eigenvalue weighted by Crippen LogP contribution is -2.00. The second kappa shape index (κ2) is 6.52. The lowest BCUT2D eigenvalue weighted by atomic mass is 10.3. The summed E-state index contributed by atoms with van der Waals surface area (Å²) in [6.45, 7) is 0. The topological polar surface area (TPSA) is 93.0 Å². The minimum Gasteiger partial charge on any atom is -0.340 e. The Morgan fingerprint density at radius 2 is 1.70 bits per heavy atom. The number of aromatic nitrogens is 2. The molecule has 0 fully saturated rings. The number of hydrogen-bond donors (Lipinski definition) is 2. The molecule has 0 aliphatic heterocycles. The molecule has 0 saturated carbocycles. The molecule has 0 saturated heterocycles. The fraction of sp³-hybridized carbons (Fsp3) is 0. The maximum absolute atomic E-state index is 11.0. The highest BCUT2D eigenvalue weighted by Crippen LogP contribution is 2.24. The molecule has 3 rings (SSSR count). The van der Waals surface area contributed by atoms with E-state index in [2.05, 4.69) is 20.6 Å². The predicted octanol–water partition coefficient (Wildman–Crippen LogP) is 3.87. The van der Waals surface area contributed by atoms with Crippen LogP contribution in [0.4, 0.5) is 28.7 Å². The van der Waals surface area contributed by atoms with Crippen molar-refractivity contribution < 1.29 is 4.92 Å². The highest BCUT2D eigenvalue weighted by Gasteiger charge is 2.14. The molecule has 0 radical (unpaired) electrons. The first-order valence-corrected chi connectivity index (χ1v) is 6.87. The lowest BCUT2D eigenvalue weighted by molar-refractivity contribution is -0.384. The highest BCUT2D eigenvalue weighted by molar-refractivity contribution is 5.66. The van der Waals surface area contributed by atoms with Crippen LogP contribution < -0.4 is 10.6 Å². The van der Waals surface area contributed by atoms with Crippen molar-refractivity contribution in [2.24, 2.45) is 0 Å². The van der Waals surface area contributed by atoms with E-state index >= 15 is 0 Å². The molecule has 0 aliphatic rings. The molecule has 0 spiro atoms. The zero-order valence-corrected chi connectivity index (χ0v) is 12.0. The van der Waals surface area contributed by atoms with Gasteiger partial charge in [-0.05, 0) is 30.3 Å². The van der Waals surface area contributed by atoms with Crippen LogP contribution in [-0.2, 0) is 0 Å². The quantitative estimate of drug-likeness (QED) is 0.549. The number of rotatable bonds is 5. The highest BCUT2D eigenvalue weighted by atomic mass is 16.6. The van der Waals surface area contributed by atoms with Crippen LogP contribution in [0.15, 0.2) is 67.0 Å². The first kappa shape index (κ1) is 14.5.